The zero-order valence-corrected chi connectivity index (χ0v) is 15.4. The Kier molecular flexibility index (Phi) is 3.85. The molecule has 0 spiro atoms. The Morgan fingerprint density at radius 2 is 2.04 bits per heavy atom. The van der Waals surface area contributed by atoms with E-state index >= 15 is 0 Å². The highest BCUT2D eigenvalue weighted by atomic mass is 16.7. The number of nitrogens with two attached hydrogens (primary N) is 1. The number of nitrogen functional groups attached to an aromatic ring is 1. The summed E-state index contributed by atoms with van der Waals surface area (Å²) in [6.07, 6.45) is 3.75. The van der Waals surface area contributed by atoms with Gasteiger partial charge in [0.15, 0.2) is 11.5 Å². The van der Waals surface area contributed by atoms with E-state index in [9.17, 15) is 4.79 Å². The van der Waals surface area contributed by atoms with E-state index in [1.165, 1.54) is 0 Å². The first kappa shape index (κ1) is 16.9. The second-order valence-electron chi connectivity index (χ2n) is 7.18. The molecule has 1 aliphatic carbocycles. The molecule has 0 unspecified atom stereocenters. The molecular formula is C20H20N4O4. The molecule has 3 aromatic rings. The van der Waals surface area contributed by atoms with Gasteiger partial charge >= 0.3 is 0 Å². The highest BCUT2D eigenvalue weighted by molar-refractivity contribution is 6.13. The number of pyridine rings is 1. The highest BCUT2D eigenvalue weighted by Gasteiger charge is 2.29. The minimum Gasteiger partial charge on any atom is -0.454 e. The van der Waals surface area contributed by atoms with Gasteiger partial charge in [0.05, 0.1) is 28.0 Å². The van der Waals surface area contributed by atoms with Crippen LogP contribution in [0.5, 0.6) is 11.5 Å². The molecule has 3 heterocycles. The third kappa shape index (κ3) is 2.81. The van der Waals surface area contributed by atoms with Gasteiger partial charge in [-0.1, -0.05) is 18.5 Å². The van der Waals surface area contributed by atoms with Crippen molar-refractivity contribution in [3.05, 3.63) is 35.2 Å². The van der Waals surface area contributed by atoms with E-state index in [4.69, 9.17) is 19.7 Å². The fraction of sp³-hybridized carbons (Fsp3) is 0.350. The summed E-state index contributed by atoms with van der Waals surface area (Å²) in [5.41, 5.74) is 9.50. The predicted molar refractivity (Wildman–Crippen MR) is 103 cm³/mol. The van der Waals surface area contributed by atoms with E-state index in [0.29, 0.717) is 51.9 Å². The number of anilines is 2. The molecule has 1 fully saturated rings. The molecule has 8 nitrogen and oxygen atoms in total. The van der Waals surface area contributed by atoms with Crippen LogP contribution < -0.4 is 20.5 Å². The molecule has 0 radical (unpaired) electrons. The van der Waals surface area contributed by atoms with Crippen LogP contribution in [0.4, 0.5) is 11.4 Å². The molecule has 5 rings (SSSR count). The average Bonchev–Trinajstić information content (AvgIpc) is 3.32. The molecule has 28 heavy (non-hydrogen) atoms. The topological polar surface area (TPSA) is 112 Å². The molecule has 3 N–H and O–H groups in total. The van der Waals surface area contributed by atoms with Crippen LogP contribution in [0, 0.1) is 0 Å². The summed E-state index contributed by atoms with van der Waals surface area (Å²) in [6.45, 7) is 2.20. The van der Waals surface area contributed by atoms with E-state index in [1.54, 1.807) is 12.1 Å². The number of fused-ring (bicyclic) bond motifs is 2. The van der Waals surface area contributed by atoms with E-state index in [-0.39, 0.29) is 12.7 Å². The molecule has 1 saturated carbocycles. The van der Waals surface area contributed by atoms with Gasteiger partial charge in [0, 0.05) is 23.7 Å². The molecule has 2 aliphatic rings. The van der Waals surface area contributed by atoms with Crippen LogP contribution in [0.15, 0.2) is 22.7 Å². The fourth-order valence-corrected chi connectivity index (χ4v) is 3.46. The molecule has 2 aromatic heterocycles. The average molecular weight is 380 g/mol. The van der Waals surface area contributed by atoms with Crippen LogP contribution >= 0.6 is 0 Å². The Morgan fingerprint density at radius 3 is 2.79 bits per heavy atom. The second-order valence-corrected chi connectivity index (χ2v) is 7.18. The molecular weight excluding hydrogens is 360 g/mol. The summed E-state index contributed by atoms with van der Waals surface area (Å²) in [4.78, 5) is 17.8. The molecule has 1 aromatic carbocycles. The third-order valence-corrected chi connectivity index (χ3v) is 5.06. The minimum absolute atomic E-state index is 0.142. The van der Waals surface area contributed by atoms with Gasteiger partial charge in [0.1, 0.15) is 0 Å². The largest absolute Gasteiger partial charge is 0.454 e. The third-order valence-electron chi connectivity index (χ3n) is 5.06. The lowest BCUT2D eigenvalue weighted by molar-refractivity contribution is 0.102. The summed E-state index contributed by atoms with van der Waals surface area (Å²) in [7, 11) is 0. The SMILES string of the molecule is CCCc1noc2nc(C3CC3)cc(C(=O)Nc3cc4c(cc3N)OCO4)c12. The molecule has 1 aliphatic heterocycles. The van der Waals surface area contributed by atoms with Gasteiger partial charge in [-0.25, -0.2) is 4.98 Å². The van der Waals surface area contributed by atoms with Crippen LogP contribution in [0.2, 0.25) is 0 Å². The minimum atomic E-state index is -0.277. The zero-order valence-electron chi connectivity index (χ0n) is 15.4. The van der Waals surface area contributed by atoms with Gasteiger partial charge in [0.2, 0.25) is 6.79 Å². The van der Waals surface area contributed by atoms with Crippen molar-refractivity contribution in [2.75, 3.05) is 17.8 Å². The first-order chi connectivity index (χ1) is 13.6. The van der Waals surface area contributed by atoms with Crippen LogP contribution in [-0.4, -0.2) is 22.8 Å². The van der Waals surface area contributed by atoms with E-state index in [1.807, 2.05) is 6.07 Å². The molecule has 8 heteroatoms. The van der Waals surface area contributed by atoms with Crippen LogP contribution in [0.3, 0.4) is 0 Å². The van der Waals surface area contributed by atoms with Crippen LogP contribution in [-0.2, 0) is 6.42 Å². The lowest BCUT2D eigenvalue weighted by atomic mass is 10.0. The molecule has 144 valence electrons. The van der Waals surface area contributed by atoms with Crippen molar-refractivity contribution in [3.63, 3.8) is 0 Å². The zero-order chi connectivity index (χ0) is 19.3. The molecule has 0 atom stereocenters. The number of hydrogen-bond acceptors (Lipinski definition) is 7. The first-order valence-electron chi connectivity index (χ1n) is 9.43. The lowest BCUT2D eigenvalue weighted by Gasteiger charge is -2.11. The van der Waals surface area contributed by atoms with Crippen LogP contribution in [0.1, 0.15) is 53.8 Å². The number of carbonyl (C=O) groups excluding carboxylic acids is 1. The van der Waals surface area contributed by atoms with E-state index in [0.717, 1.165) is 30.7 Å². The summed E-state index contributed by atoms with van der Waals surface area (Å²) < 4.78 is 16.1. The fourth-order valence-electron chi connectivity index (χ4n) is 3.46. The number of benzene rings is 1. The number of rotatable bonds is 5. The number of hydrogen-bond donors (Lipinski definition) is 2. The van der Waals surface area contributed by atoms with Crippen molar-refractivity contribution in [1.82, 2.24) is 10.1 Å². The number of ether oxygens (including phenoxy) is 2. The summed E-state index contributed by atoms with van der Waals surface area (Å²) in [6, 6.07) is 5.18. The van der Waals surface area contributed by atoms with Gasteiger partial charge in [-0.15, -0.1) is 0 Å². The second kappa shape index (κ2) is 6.40. The normalized spacial score (nSPS) is 15.2. The predicted octanol–water partition coefficient (Wildman–Crippen LogP) is 3.62. The quantitative estimate of drug-likeness (QED) is 0.650. The lowest BCUT2D eigenvalue weighted by Crippen LogP contribution is -2.15. The standard InChI is InChI=1S/C20H20N4O4/c1-2-3-13-18-11(6-14(10-4-5-10)23-20(18)28-24-13)19(25)22-15-8-17-16(7-12(15)21)26-9-27-17/h6-8,10H,2-5,9,21H2,1H3,(H,22,25). The Balaban J connectivity index is 1.56. The summed E-state index contributed by atoms with van der Waals surface area (Å²) >= 11 is 0. The number of aryl methyl sites for hydroxylation is 1. The molecule has 0 bridgehead atoms. The van der Waals surface area contributed by atoms with Crippen molar-refractivity contribution in [1.29, 1.82) is 0 Å². The maximum absolute atomic E-state index is 13.2. The van der Waals surface area contributed by atoms with Gasteiger partial charge in [-0.3, -0.25) is 4.79 Å². The number of nitrogens with one attached hydrogen (secondary N) is 1. The number of amides is 1. The Hall–Kier alpha value is -3.29. The molecule has 0 saturated heterocycles. The number of carbonyl (C=O) groups is 1. The maximum atomic E-state index is 13.2. The summed E-state index contributed by atoms with van der Waals surface area (Å²) in [5, 5.41) is 7.71. The van der Waals surface area contributed by atoms with E-state index in [2.05, 4.69) is 22.4 Å². The van der Waals surface area contributed by atoms with Crippen molar-refractivity contribution in [3.8, 4) is 11.5 Å². The molecule has 1 amide bonds. The first-order valence-corrected chi connectivity index (χ1v) is 9.43. The van der Waals surface area contributed by atoms with Crippen molar-refractivity contribution in [2.24, 2.45) is 0 Å². The van der Waals surface area contributed by atoms with Gasteiger partial charge < -0.3 is 25.0 Å². The van der Waals surface area contributed by atoms with Crippen molar-refractivity contribution < 1.29 is 18.8 Å². The number of nitrogens with zero attached hydrogens (tertiary/aromatic N) is 2. The smallest absolute Gasteiger partial charge is 0.259 e. The van der Waals surface area contributed by atoms with E-state index < -0.39 is 0 Å². The Labute approximate surface area is 161 Å². The van der Waals surface area contributed by atoms with Crippen molar-refractivity contribution >= 4 is 28.4 Å². The number of aromatic nitrogens is 2. The monoisotopic (exact) mass is 380 g/mol. The van der Waals surface area contributed by atoms with Crippen LogP contribution in [0.25, 0.3) is 11.1 Å². The maximum Gasteiger partial charge on any atom is 0.259 e. The highest BCUT2D eigenvalue weighted by Crippen LogP contribution is 2.41. The summed E-state index contributed by atoms with van der Waals surface area (Å²) in [5.74, 6) is 1.23. The Morgan fingerprint density at radius 1 is 1.25 bits per heavy atom. The van der Waals surface area contributed by atoms with Gasteiger partial charge in [-0.05, 0) is 25.3 Å². The van der Waals surface area contributed by atoms with Gasteiger partial charge in [-0.2, -0.15) is 0 Å². The Bertz CT molecular complexity index is 1090. The van der Waals surface area contributed by atoms with Crippen molar-refractivity contribution in [2.45, 2.75) is 38.5 Å². The van der Waals surface area contributed by atoms with Gasteiger partial charge in [0.25, 0.3) is 11.6 Å².